The monoisotopic (exact) mass is 366 g/mol. The predicted octanol–water partition coefficient (Wildman–Crippen LogP) is 5.76. The summed E-state index contributed by atoms with van der Waals surface area (Å²) < 4.78 is 0. The van der Waals surface area contributed by atoms with Crippen molar-refractivity contribution < 1.29 is 26.8 Å². The van der Waals surface area contributed by atoms with Gasteiger partial charge in [-0.2, -0.15) is 39.3 Å². The Kier molecular flexibility index (Phi) is 74.9. The van der Waals surface area contributed by atoms with Gasteiger partial charge >= 0.3 is 21.7 Å². The van der Waals surface area contributed by atoms with Gasteiger partial charge in [-0.15, -0.1) is 0 Å². The average Bonchev–Trinajstić information content (AvgIpc) is 2.52. The second-order valence-corrected chi connectivity index (χ2v) is 4.35. The van der Waals surface area contributed by atoms with Crippen molar-refractivity contribution in [1.82, 2.24) is 0 Å². The standard InChI is InChI=1S/C6H14O.3C4H10N.Ti/c1-2-3-4-5-6-7;3*1-3-5-4-2;/h7H,2-6H2,1H3;3*3-4H2,1-2H3;/q;3*-1;+3. The fraction of sp³-hybridized carbons (Fsp3) is 1.00. The zero-order valence-corrected chi connectivity index (χ0v) is 18.6. The minimum Gasteiger partial charge on any atom is -0.663 e. The molecule has 0 fully saturated rings. The molecular weight excluding hydrogens is 322 g/mol. The molecule has 0 aromatic rings. The molecule has 0 saturated carbocycles. The van der Waals surface area contributed by atoms with E-state index in [1.54, 1.807) is 0 Å². The molecule has 0 atom stereocenters. The first kappa shape index (κ1) is 34.8. The topological polar surface area (TPSA) is 62.5 Å². The van der Waals surface area contributed by atoms with Crippen LogP contribution in [0.1, 0.15) is 74.1 Å². The van der Waals surface area contributed by atoms with Gasteiger partial charge in [-0.05, 0) is 6.42 Å². The van der Waals surface area contributed by atoms with Crippen molar-refractivity contribution in [2.75, 3.05) is 45.9 Å². The molecule has 23 heavy (non-hydrogen) atoms. The fourth-order valence-electron chi connectivity index (χ4n) is 1.21. The van der Waals surface area contributed by atoms with Crippen LogP contribution in [0.4, 0.5) is 0 Å². The smallest absolute Gasteiger partial charge is 0.663 e. The van der Waals surface area contributed by atoms with Crippen LogP contribution in [-0.2, 0) is 21.7 Å². The van der Waals surface area contributed by atoms with Crippen molar-refractivity contribution >= 4 is 0 Å². The SMILES string of the molecule is CCCCCCO.CC[N-]CC.CC[N-]CC.CC[N-]CC.[Ti+3]. The molecule has 4 nitrogen and oxygen atoms in total. The summed E-state index contributed by atoms with van der Waals surface area (Å²) in [6.45, 7) is 20.6. The maximum Gasteiger partial charge on any atom is 3.00 e. The van der Waals surface area contributed by atoms with E-state index in [1.807, 2.05) is 41.5 Å². The van der Waals surface area contributed by atoms with Gasteiger partial charge in [0.25, 0.3) is 0 Å². The van der Waals surface area contributed by atoms with Crippen molar-refractivity contribution in [3.8, 4) is 0 Å². The molecule has 0 saturated heterocycles. The van der Waals surface area contributed by atoms with E-state index in [1.165, 1.54) is 19.3 Å². The van der Waals surface area contributed by atoms with Gasteiger partial charge in [-0.3, -0.25) is 0 Å². The van der Waals surface area contributed by atoms with E-state index < -0.39 is 0 Å². The molecule has 0 aliphatic heterocycles. The van der Waals surface area contributed by atoms with E-state index in [4.69, 9.17) is 5.11 Å². The Morgan fingerprint density at radius 1 is 0.522 bits per heavy atom. The van der Waals surface area contributed by atoms with Gasteiger partial charge in [0, 0.05) is 6.61 Å². The maximum atomic E-state index is 8.29. The van der Waals surface area contributed by atoms with Crippen LogP contribution in [0.15, 0.2) is 0 Å². The number of unbranched alkanes of at least 4 members (excludes halogenated alkanes) is 3. The third-order valence-corrected chi connectivity index (χ3v) is 2.35. The van der Waals surface area contributed by atoms with E-state index >= 15 is 0 Å². The summed E-state index contributed by atoms with van der Waals surface area (Å²) in [6.07, 6.45) is 4.68. The van der Waals surface area contributed by atoms with E-state index in [9.17, 15) is 0 Å². The summed E-state index contributed by atoms with van der Waals surface area (Å²) in [4.78, 5) is 0. The van der Waals surface area contributed by atoms with Crippen molar-refractivity contribution in [3.05, 3.63) is 16.0 Å². The number of hydrogen-bond donors (Lipinski definition) is 1. The van der Waals surface area contributed by atoms with Gasteiger partial charge in [-0.1, -0.05) is 67.7 Å². The molecule has 141 valence electrons. The molecule has 0 amide bonds. The van der Waals surface area contributed by atoms with Crippen LogP contribution in [0.25, 0.3) is 16.0 Å². The van der Waals surface area contributed by atoms with Crippen LogP contribution < -0.4 is 0 Å². The van der Waals surface area contributed by atoms with E-state index in [2.05, 4.69) is 22.9 Å². The molecule has 1 N–H and O–H groups in total. The number of nitrogens with zero attached hydrogens (tertiary/aromatic N) is 3. The first-order valence-electron chi connectivity index (χ1n) is 9.16. The molecule has 0 aromatic heterocycles. The number of hydrogen-bond acceptors (Lipinski definition) is 1. The zero-order valence-electron chi connectivity index (χ0n) is 17.1. The molecule has 0 unspecified atom stereocenters. The Morgan fingerprint density at radius 3 is 0.957 bits per heavy atom. The first-order chi connectivity index (χ1) is 10.7. The Morgan fingerprint density at radius 2 is 0.826 bits per heavy atom. The fourth-order valence-corrected chi connectivity index (χ4v) is 1.21. The van der Waals surface area contributed by atoms with Gasteiger partial charge in [0.15, 0.2) is 0 Å². The zero-order chi connectivity index (χ0) is 17.9. The van der Waals surface area contributed by atoms with Gasteiger partial charge in [0.05, 0.1) is 0 Å². The Bertz CT molecular complexity index is 107. The number of aliphatic hydroxyl groups excluding tert-OH is 1. The van der Waals surface area contributed by atoms with Crippen molar-refractivity contribution in [1.29, 1.82) is 0 Å². The average molecular weight is 366 g/mol. The Hall–Kier alpha value is 0.554. The van der Waals surface area contributed by atoms with Crippen molar-refractivity contribution in [2.45, 2.75) is 74.1 Å². The van der Waals surface area contributed by atoms with Gasteiger partial charge in [0.1, 0.15) is 0 Å². The predicted molar refractivity (Wildman–Crippen MR) is 105 cm³/mol. The molecule has 0 aliphatic carbocycles. The van der Waals surface area contributed by atoms with Crippen LogP contribution in [0, 0.1) is 0 Å². The molecule has 5 heteroatoms. The van der Waals surface area contributed by atoms with Crippen LogP contribution in [-0.4, -0.2) is 51.0 Å². The summed E-state index contributed by atoms with van der Waals surface area (Å²) in [6, 6.07) is 0. The van der Waals surface area contributed by atoms with Crippen molar-refractivity contribution in [3.63, 3.8) is 0 Å². The summed E-state index contributed by atoms with van der Waals surface area (Å²) in [5.74, 6) is 0. The van der Waals surface area contributed by atoms with Gasteiger partial charge < -0.3 is 21.1 Å². The summed E-state index contributed by atoms with van der Waals surface area (Å²) >= 11 is 0. The third-order valence-electron chi connectivity index (χ3n) is 2.35. The molecular formula is C18H44N3OTi. The molecule has 0 heterocycles. The second kappa shape index (κ2) is 49.5. The summed E-state index contributed by atoms with van der Waals surface area (Å²) in [5, 5.41) is 20.2. The molecule has 0 rings (SSSR count). The van der Waals surface area contributed by atoms with Crippen LogP contribution >= 0.6 is 0 Å². The molecule has 1 radical (unpaired) electrons. The maximum absolute atomic E-state index is 8.29. The van der Waals surface area contributed by atoms with Crippen LogP contribution in [0.2, 0.25) is 0 Å². The minimum atomic E-state index is 0. The number of aliphatic hydroxyl groups is 1. The van der Waals surface area contributed by atoms with E-state index in [0.29, 0.717) is 6.61 Å². The van der Waals surface area contributed by atoms with E-state index in [0.717, 1.165) is 45.7 Å². The molecule has 0 aromatic carbocycles. The van der Waals surface area contributed by atoms with Crippen LogP contribution in [0.5, 0.6) is 0 Å². The molecule has 0 spiro atoms. The van der Waals surface area contributed by atoms with Gasteiger partial charge in [0.2, 0.25) is 0 Å². The molecule has 0 aliphatic rings. The normalized spacial score (nSPS) is 8.35. The third kappa shape index (κ3) is 85.5. The number of rotatable bonds is 10. The summed E-state index contributed by atoms with van der Waals surface area (Å²) in [7, 11) is 0. The second-order valence-electron chi connectivity index (χ2n) is 4.35. The Balaban J connectivity index is -0.0000000625. The largest absolute Gasteiger partial charge is 3.00 e. The van der Waals surface area contributed by atoms with Gasteiger partial charge in [-0.25, -0.2) is 0 Å². The Labute approximate surface area is 162 Å². The van der Waals surface area contributed by atoms with E-state index in [-0.39, 0.29) is 21.7 Å². The molecule has 0 bridgehead atoms. The minimum absolute atomic E-state index is 0. The van der Waals surface area contributed by atoms with Crippen molar-refractivity contribution in [2.24, 2.45) is 0 Å². The quantitative estimate of drug-likeness (QED) is 0.388. The summed E-state index contributed by atoms with van der Waals surface area (Å²) in [5.41, 5.74) is 0. The first-order valence-corrected chi connectivity index (χ1v) is 9.16. The van der Waals surface area contributed by atoms with Crippen LogP contribution in [0.3, 0.4) is 0 Å².